The van der Waals surface area contributed by atoms with Crippen molar-refractivity contribution in [2.45, 2.75) is 42.3 Å². The zero-order chi connectivity index (χ0) is 25.2. The van der Waals surface area contributed by atoms with E-state index >= 15 is 0 Å². The summed E-state index contributed by atoms with van der Waals surface area (Å²) in [4.78, 5) is 30.1. The van der Waals surface area contributed by atoms with Crippen molar-refractivity contribution in [2.75, 3.05) is 10.7 Å². The maximum atomic E-state index is 14.0. The van der Waals surface area contributed by atoms with Crippen molar-refractivity contribution < 1.29 is 14.3 Å². The lowest BCUT2D eigenvalue weighted by Gasteiger charge is -2.31. The Morgan fingerprint density at radius 3 is 2.44 bits per heavy atom. The number of nitrogens with zero attached hydrogens (tertiary/aromatic N) is 2. The smallest absolute Gasteiger partial charge is 0.240 e. The lowest BCUT2D eigenvalue weighted by Crippen LogP contribution is -2.42. The van der Waals surface area contributed by atoms with Crippen LogP contribution in [0.15, 0.2) is 59.5 Å². The number of carbonyl (C=O) groups excluding carboxylic acids is 2. The van der Waals surface area contributed by atoms with E-state index in [-0.39, 0.29) is 11.8 Å². The van der Waals surface area contributed by atoms with E-state index in [1.807, 2.05) is 43.3 Å². The first-order chi connectivity index (χ1) is 17.3. The molecule has 6 rings (SSSR count). The van der Waals surface area contributed by atoms with Gasteiger partial charge in [-0.3, -0.25) is 9.59 Å². The second-order valence-corrected chi connectivity index (χ2v) is 12.0. The Morgan fingerprint density at radius 2 is 1.72 bits per heavy atom. The fourth-order valence-corrected chi connectivity index (χ4v) is 8.14. The highest BCUT2D eigenvalue weighted by Gasteiger charge is 2.73. The maximum absolute atomic E-state index is 14.0. The molecule has 3 fully saturated rings. The highest BCUT2D eigenvalue weighted by atomic mass is 35.5. The third-order valence-electron chi connectivity index (χ3n) is 7.90. The molecule has 182 valence electrons. The van der Waals surface area contributed by atoms with Crippen LogP contribution in [-0.4, -0.2) is 28.8 Å². The molecule has 2 amide bonds. The summed E-state index contributed by atoms with van der Waals surface area (Å²) >= 11 is 13.9. The first-order valence-corrected chi connectivity index (χ1v) is 13.6. The minimum atomic E-state index is -0.682. The van der Waals surface area contributed by atoms with Crippen LogP contribution in [0.2, 0.25) is 10.0 Å². The normalized spacial score (nSPS) is 28.7. The molecule has 0 aliphatic carbocycles. The number of anilines is 1. The summed E-state index contributed by atoms with van der Waals surface area (Å²) in [6, 6.07) is 18.4. The Balaban J connectivity index is 1.33. The monoisotopic (exact) mass is 536 g/mol. The lowest BCUT2D eigenvalue weighted by atomic mass is 9.67. The number of rotatable bonds is 5. The standard InChI is InChI=1S/C28H22Cl2N2O3S/c1-27-8-9-28(35-27,10-11-36-19-13-17(29)12-18(30)14-19)24-23(27)25(33)32(26(24)34)22-7-6-16(15-31)20-4-2-3-5-21(20)22/h2-7,12-14,23-24H,8-11H2,1H3/t23-,24+,27-,28-/m1/s1. The van der Waals surface area contributed by atoms with Gasteiger partial charge in [-0.15, -0.1) is 11.8 Å². The molecule has 0 saturated carbocycles. The van der Waals surface area contributed by atoms with E-state index in [4.69, 9.17) is 27.9 Å². The number of halogens is 2. The molecule has 2 bridgehead atoms. The Bertz CT molecular complexity index is 1470. The van der Waals surface area contributed by atoms with Gasteiger partial charge in [0, 0.05) is 31.5 Å². The molecule has 36 heavy (non-hydrogen) atoms. The molecule has 4 atom stereocenters. The van der Waals surface area contributed by atoms with Gasteiger partial charge >= 0.3 is 0 Å². The number of carbonyl (C=O) groups is 2. The highest BCUT2D eigenvalue weighted by Crippen LogP contribution is 2.62. The quantitative estimate of drug-likeness (QED) is 0.270. The SMILES string of the molecule is C[C@]12CC[C@](CCSc3cc(Cl)cc(Cl)c3)(O1)[C@@H]1C(=O)N(c3ccc(C#N)c4ccccc34)C(=O)[C@@H]12. The summed E-state index contributed by atoms with van der Waals surface area (Å²) in [6.45, 7) is 1.97. The minimum Gasteiger partial charge on any atom is -0.367 e. The Labute approximate surface area is 223 Å². The van der Waals surface area contributed by atoms with Gasteiger partial charge in [0.25, 0.3) is 0 Å². The Kier molecular flexibility index (Phi) is 5.62. The van der Waals surface area contributed by atoms with E-state index in [9.17, 15) is 14.9 Å². The van der Waals surface area contributed by atoms with Crippen LogP contribution < -0.4 is 4.90 Å². The molecule has 3 aliphatic heterocycles. The first-order valence-electron chi connectivity index (χ1n) is 11.9. The zero-order valence-corrected chi connectivity index (χ0v) is 21.8. The summed E-state index contributed by atoms with van der Waals surface area (Å²) < 4.78 is 6.57. The van der Waals surface area contributed by atoms with Gasteiger partial charge < -0.3 is 4.74 Å². The number of benzene rings is 3. The molecule has 3 aromatic rings. The van der Waals surface area contributed by atoms with Gasteiger partial charge in [0.15, 0.2) is 0 Å². The van der Waals surface area contributed by atoms with Crippen molar-refractivity contribution in [3.63, 3.8) is 0 Å². The summed E-state index contributed by atoms with van der Waals surface area (Å²) in [5, 5.41) is 12.1. The number of fused-ring (bicyclic) bond motifs is 6. The summed E-state index contributed by atoms with van der Waals surface area (Å²) in [5.41, 5.74) is -0.300. The van der Waals surface area contributed by atoms with Crippen LogP contribution in [0, 0.1) is 23.2 Å². The fourth-order valence-electron chi connectivity index (χ4n) is 6.38. The molecule has 3 aromatic carbocycles. The predicted molar refractivity (Wildman–Crippen MR) is 141 cm³/mol. The zero-order valence-electron chi connectivity index (χ0n) is 19.5. The molecule has 3 saturated heterocycles. The molecule has 0 N–H and O–H groups in total. The summed E-state index contributed by atoms with van der Waals surface area (Å²) in [7, 11) is 0. The van der Waals surface area contributed by atoms with Crippen LogP contribution in [0.1, 0.15) is 31.7 Å². The van der Waals surface area contributed by atoms with E-state index < -0.39 is 23.0 Å². The van der Waals surface area contributed by atoms with Crippen molar-refractivity contribution in [1.29, 1.82) is 5.26 Å². The van der Waals surface area contributed by atoms with Crippen LogP contribution >= 0.6 is 35.0 Å². The van der Waals surface area contributed by atoms with Crippen molar-refractivity contribution >= 4 is 63.2 Å². The van der Waals surface area contributed by atoms with Gasteiger partial charge in [-0.2, -0.15) is 5.26 Å². The van der Waals surface area contributed by atoms with Gasteiger partial charge in [0.05, 0.1) is 40.4 Å². The van der Waals surface area contributed by atoms with Crippen molar-refractivity contribution in [3.05, 3.63) is 70.2 Å². The number of hydrogen-bond acceptors (Lipinski definition) is 5. The molecule has 8 heteroatoms. The van der Waals surface area contributed by atoms with E-state index in [0.29, 0.717) is 33.5 Å². The van der Waals surface area contributed by atoms with Gasteiger partial charge in [-0.1, -0.05) is 47.5 Å². The molecule has 3 heterocycles. The van der Waals surface area contributed by atoms with Crippen molar-refractivity contribution in [2.24, 2.45) is 11.8 Å². The second kappa shape index (κ2) is 8.49. The number of nitriles is 1. The largest absolute Gasteiger partial charge is 0.367 e. The second-order valence-electron chi connectivity index (χ2n) is 9.94. The van der Waals surface area contributed by atoms with E-state index in [1.54, 1.807) is 30.0 Å². The third kappa shape index (κ3) is 3.48. The van der Waals surface area contributed by atoms with Crippen LogP contribution in [0.5, 0.6) is 0 Å². The maximum Gasteiger partial charge on any atom is 0.240 e. The number of amides is 2. The average Bonchev–Trinajstić information content (AvgIpc) is 3.42. The molecule has 0 spiro atoms. The third-order valence-corrected chi connectivity index (χ3v) is 9.32. The minimum absolute atomic E-state index is 0.209. The highest BCUT2D eigenvalue weighted by molar-refractivity contribution is 7.99. The van der Waals surface area contributed by atoms with Crippen LogP contribution in [0.25, 0.3) is 10.8 Å². The van der Waals surface area contributed by atoms with Crippen LogP contribution in [0.4, 0.5) is 5.69 Å². The number of ether oxygens (including phenoxy) is 1. The molecule has 0 radical (unpaired) electrons. The van der Waals surface area contributed by atoms with Crippen LogP contribution in [0.3, 0.4) is 0 Å². The van der Waals surface area contributed by atoms with Crippen molar-refractivity contribution in [1.82, 2.24) is 0 Å². The van der Waals surface area contributed by atoms with Crippen LogP contribution in [-0.2, 0) is 14.3 Å². The van der Waals surface area contributed by atoms with E-state index in [2.05, 4.69) is 6.07 Å². The first kappa shape index (κ1) is 23.8. The van der Waals surface area contributed by atoms with E-state index in [0.717, 1.165) is 28.5 Å². The number of thioether (sulfide) groups is 1. The molecular weight excluding hydrogens is 515 g/mol. The lowest BCUT2D eigenvalue weighted by molar-refractivity contribution is -0.130. The van der Waals surface area contributed by atoms with E-state index in [1.165, 1.54) is 4.90 Å². The predicted octanol–water partition coefficient (Wildman–Crippen LogP) is 6.63. The van der Waals surface area contributed by atoms with Crippen molar-refractivity contribution in [3.8, 4) is 6.07 Å². The Hall–Kier alpha value is -2.56. The average molecular weight is 537 g/mol. The number of imide groups is 1. The molecule has 5 nitrogen and oxygen atoms in total. The van der Waals surface area contributed by atoms with Gasteiger partial charge in [0.2, 0.25) is 11.8 Å². The van der Waals surface area contributed by atoms with Gasteiger partial charge in [-0.05, 0) is 56.5 Å². The fraction of sp³-hybridized carbons (Fsp3) is 0.321. The topological polar surface area (TPSA) is 70.4 Å². The number of hydrogen-bond donors (Lipinski definition) is 0. The molecule has 0 unspecified atom stereocenters. The Morgan fingerprint density at radius 1 is 1.03 bits per heavy atom. The molecule has 0 aromatic heterocycles. The summed E-state index contributed by atoms with van der Waals surface area (Å²) in [6.07, 6.45) is 2.12. The molecule has 3 aliphatic rings. The van der Waals surface area contributed by atoms with Gasteiger partial charge in [0.1, 0.15) is 0 Å². The summed E-state index contributed by atoms with van der Waals surface area (Å²) in [5.74, 6) is -0.755. The molecular formula is C28H22Cl2N2O3S. The van der Waals surface area contributed by atoms with Gasteiger partial charge in [-0.25, -0.2) is 4.90 Å².